The first-order valence-electron chi connectivity index (χ1n) is 9.80. The molecule has 0 aliphatic carbocycles. The molecule has 0 saturated heterocycles. The number of terminal acetylenes is 1. The minimum Gasteiger partial charge on any atom is -0.492 e. The number of rotatable bonds is 6. The fourth-order valence-electron chi connectivity index (χ4n) is 3.13. The van der Waals surface area contributed by atoms with Gasteiger partial charge >= 0.3 is 0 Å². The summed E-state index contributed by atoms with van der Waals surface area (Å²) in [4.78, 5) is 17.7. The molecule has 0 fully saturated rings. The van der Waals surface area contributed by atoms with Gasteiger partial charge in [-0.1, -0.05) is 41.5 Å². The van der Waals surface area contributed by atoms with Crippen LogP contribution in [0.3, 0.4) is 0 Å². The predicted molar refractivity (Wildman–Crippen MR) is 123 cm³/mol. The van der Waals surface area contributed by atoms with Crippen LogP contribution in [0.2, 0.25) is 0 Å². The first-order chi connectivity index (χ1) is 15.2. The smallest absolute Gasteiger partial charge is 0.279 e. The van der Waals surface area contributed by atoms with Crippen molar-refractivity contribution in [3.8, 4) is 29.6 Å². The minimum atomic E-state index is -0.346. The molecule has 1 amide bonds. The topological polar surface area (TPSA) is 52.8 Å². The van der Waals surface area contributed by atoms with E-state index in [9.17, 15) is 4.79 Å². The molecule has 1 heterocycles. The number of para-hydroxylation sites is 2. The number of nitrogens with zero attached hydrogens (tertiary/aromatic N) is 2. The lowest BCUT2D eigenvalue weighted by atomic mass is 10.2. The van der Waals surface area contributed by atoms with Crippen LogP contribution < -0.4 is 14.3 Å². The number of benzene rings is 3. The normalized spacial score (nSPS) is 11.3. The Hall–Kier alpha value is -3.82. The van der Waals surface area contributed by atoms with Crippen molar-refractivity contribution in [2.75, 3.05) is 6.61 Å². The van der Waals surface area contributed by atoms with E-state index in [1.54, 1.807) is 24.3 Å². The van der Waals surface area contributed by atoms with E-state index in [4.69, 9.17) is 15.9 Å². The summed E-state index contributed by atoms with van der Waals surface area (Å²) >= 11 is 1.41. The summed E-state index contributed by atoms with van der Waals surface area (Å²) in [6.07, 6.45) is 5.58. The Bertz CT molecular complexity index is 1310. The Morgan fingerprint density at radius 1 is 1.03 bits per heavy atom. The molecule has 0 saturated carbocycles. The van der Waals surface area contributed by atoms with Crippen molar-refractivity contribution in [3.05, 3.63) is 83.2 Å². The van der Waals surface area contributed by atoms with Crippen LogP contribution in [0.4, 0.5) is 0 Å². The zero-order valence-corrected chi connectivity index (χ0v) is 17.8. The van der Waals surface area contributed by atoms with E-state index in [0.717, 1.165) is 21.7 Å². The molecular weight excluding hydrogens is 408 g/mol. The molecule has 0 bridgehead atoms. The highest BCUT2D eigenvalue weighted by Gasteiger charge is 2.13. The quantitative estimate of drug-likeness (QED) is 0.393. The van der Waals surface area contributed by atoms with E-state index >= 15 is 0 Å². The average Bonchev–Trinajstić information content (AvgIpc) is 3.13. The second kappa shape index (κ2) is 9.33. The number of hydrogen-bond acceptors (Lipinski definition) is 4. The zero-order chi connectivity index (χ0) is 21.6. The maximum Gasteiger partial charge on any atom is 0.279 e. The third-order valence-corrected chi connectivity index (χ3v) is 5.53. The van der Waals surface area contributed by atoms with Crippen molar-refractivity contribution < 1.29 is 14.3 Å². The van der Waals surface area contributed by atoms with Gasteiger partial charge in [0.05, 0.1) is 17.9 Å². The monoisotopic (exact) mass is 428 g/mol. The van der Waals surface area contributed by atoms with Gasteiger partial charge in [0.25, 0.3) is 5.91 Å². The van der Waals surface area contributed by atoms with Crippen LogP contribution in [0, 0.1) is 12.3 Å². The van der Waals surface area contributed by atoms with Gasteiger partial charge in [0.2, 0.25) is 0 Å². The summed E-state index contributed by atoms with van der Waals surface area (Å²) in [7, 11) is 0. The zero-order valence-electron chi connectivity index (χ0n) is 16.9. The third kappa shape index (κ3) is 4.52. The van der Waals surface area contributed by atoms with Crippen LogP contribution in [-0.2, 0) is 6.54 Å². The number of fused-ring (bicyclic) bond motifs is 1. The number of aromatic nitrogens is 1. The van der Waals surface area contributed by atoms with Crippen molar-refractivity contribution in [2.45, 2.75) is 13.5 Å². The molecule has 3 aromatic carbocycles. The highest BCUT2D eigenvalue weighted by molar-refractivity contribution is 7.16. The maximum atomic E-state index is 12.8. The van der Waals surface area contributed by atoms with E-state index in [1.165, 1.54) is 11.3 Å². The van der Waals surface area contributed by atoms with E-state index in [2.05, 4.69) is 10.9 Å². The molecule has 4 aromatic rings. The van der Waals surface area contributed by atoms with E-state index in [0.29, 0.717) is 29.3 Å². The van der Waals surface area contributed by atoms with Gasteiger partial charge in [-0.3, -0.25) is 4.79 Å². The summed E-state index contributed by atoms with van der Waals surface area (Å²) in [5, 5.41) is 0. The number of carbonyl (C=O) groups excluding carboxylic acids is 1. The van der Waals surface area contributed by atoms with Gasteiger partial charge in [0, 0.05) is 5.56 Å². The lowest BCUT2D eigenvalue weighted by Gasteiger charge is -2.07. The van der Waals surface area contributed by atoms with Crippen LogP contribution in [0.15, 0.2) is 77.8 Å². The average molecular weight is 429 g/mol. The molecule has 0 unspecified atom stereocenters. The molecule has 0 radical (unpaired) electrons. The first kappa shape index (κ1) is 20.5. The summed E-state index contributed by atoms with van der Waals surface area (Å²) in [6.45, 7) is 2.75. The minimum absolute atomic E-state index is 0.292. The molecule has 5 nitrogen and oxygen atoms in total. The van der Waals surface area contributed by atoms with Crippen LogP contribution in [0.1, 0.15) is 17.3 Å². The van der Waals surface area contributed by atoms with Crippen LogP contribution >= 0.6 is 11.3 Å². The fourth-order valence-corrected chi connectivity index (χ4v) is 4.18. The highest BCUT2D eigenvalue weighted by Crippen LogP contribution is 2.28. The predicted octanol–water partition coefficient (Wildman–Crippen LogP) is 5.27. The van der Waals surface area contributed by atoms with Crippen molar-refractivity contribution in [1.29, 1.82) is 0 Å². The van der Waals surface area contributed by atoms with E-state index in [-0.39, 0.29) is 5.91 Å². The molecule has 0 N–H and O–H groups in total. The molecule has 4 rings (SSSR count). The molecule has 0 atom stereocenters. The summed E-state index contributed by atoms with van der Waals surface area (Å²) in [5.74, 6) is 4.40. The standard InChI is InChI=1S/C25H20N2O3S/c1-3-17-27-23-21(29-4-2)11-8-12-22(23)31-25(27)26-24(28)18-13-15-20(16-14-18)30-19-9-6-5-7-10-19/h1,5-16H,4,17H2,2H3. The largest absolute Gasteiger partial charge is 0.492 e. The lowest BCUT2D eigenvalue weighted by molar-refractivity contribution is 0.0998. The number of amides is 1. The molecule has 0 aliphatic rings. The van der Waals surface area contributed by atoms with Gasteiger partial charge in [0.15, 0.2) is 4.80 Å². The molecule has 154 valence electrons. The molecule has 1 aromatic heterocycles. The van der Waals surface area contributed by atoms with Crippen LogP contribution in [0.5, 0.6) is 17.2 Å². The summed E-state index contributed by atoms with van der Waals surface area (Å²) < 4.78 is 14.3. The molecule has 6 heteroatoms. The number of ether oxygens (including phenoxy) is 2. The van der Waals surface area contributed by atoms with Crippen LogP contribution in [0.25, 0.3) is 10.2 Å². The van der Waals surface area contributed by atoms with Gasteiger partial charge in [-0.25, -0.2) is 0 Å². The van der Waals surface area contributed by atoms with Crippen LogP contribution in [-0.4, -0.2) is 17.1 Å². The highest BCUT2D eigenvalue weighted by atomic mass is 32.1. The van der Waals surface area contributed by atoms with Gasteiger partial charge in [-0.15, -0.1) is 6.42 Å². The first-order valence-corrected chi connectivity index (χ1v) is 10.6. The Labute approximate surface area is 184 Å². The van der Waals surface area contributed by atoms with E-state index in [1.807, 2.05) is 60.0 Å². The van der Waals surface area contributed by atoms with Gasteiger partial charge in [-0.05, 0) is 55.5 Å². The SMILES string of the molecule is C#CCn1c(=NC(=O)c2ccc(Oc3ccccc3)cc2)sc2cccc(OCC)c21. The second-order valence-corrected chi connectivity index (χ2v) is 7.58. The van der Waals surface area contributed by atoms with Gasteiger partial charge in [-0.2, -0.15) is 4.99 Å². The number of hydrogen-bond donors (Lipinski definition) is 0. The van der Waals surface area contributed by atoms with Crippen molar-refractivity contribution >= 4 is 27.5 Å². The Morgan fingerprint density at radius 2 is 1.77 bits per heavy atom. The van der Waals surface area contributed by atoms with Crippen molar-refractivity contribution in [2.24, 2.45) is 4.99 Å². The molecule has 31 heavy (non-hydrogen) atoms. The Morgan fingerprint density at radius 3 is 2.48 bits per heavy atom. The second-order valence-electron chi connectivity index (χ2n) is 6.57. The van der Waals surface area contributed by atoms with E-state index < -0.39 is 0 Å². The molecular formula is C25H20N2O3S. The lowest BCUT2D eigenvalue weighted by Crippen LogP contribution is -2.17. The summed E-state index contributed by atoms with van der Waals surface area (Å²) in [6, 6.07) is 22.2. The van der Waals surface area contributed by atoms with Crippen molar-refractivity contribution in [3.63, 3.8) is 0 Å². The van der Waals surface area contributed by atoms with Gasteiger partial charge < -0.3 is 14.0 Å². The summed E-state index contributed by atoms with van der Waals surface area (Å²) in [5.41, 5.74) is 1.32. The Balaban J connectivity index is 1.66. The molecule has 0 spiro atoms. The number of thiazole rings is 1. The maximum absolute atomic E-state index is 12.8. The van der Waals surface area contributed by atoms with Crippen molar-refractivity contribution in [1.82, 2.24) is 4.57 Å². The molecule has 0 aliphatic heterocycles. The Kier molecular flexibility index (Phi) is 6.16. The third-order valence-electron chi connectivity index (χ3n) is 4.49. The van der Waals surface area contributed by atoms with Gasteiger partial charge in [0.1, 0.15) is 22.8 Å². The number of carbonyl (C=O) groups is 1. The fraction of sp³-hybridized carbons (Fsp3) is 0.120.